The second-order valence-corrected chi connectivity index (χ2v) is 13.7. The maximum atomic E-state index is 14.1. The number of cyclic esters (lactones) is 1. The number of aliphatic hydroxyl groups excluding tert-OH is 1. The van der Waals surface area contributed by atoms with Crippen LogP contribution in [0.25, 0.3) is 0 Å². The first-order valence-corrected chi connectivity index (χ1v) is 16.3. The first-order valence-electron chi connectivity index (χ1n) is 16.3. The number of hydrogen-bond acceptors (Lipinski definition) is 12. The summed E-state index contributed by atoms with van der Waals surface area (Å²) in [6.45, 7) is 13.4. The average molecular weight is 891 g/mol. The largest absolute Gasteiger partial charge is 0.457 e. The molecule has 0 bridgehead atoms. The molecule has 1 saturated heterocycles. The zero-order valence-corrected chi connectivity index (χ0v) is 34.9. The molecule has 3 heterocycles. The van der Waals surface area contributed by atoms with Crippen LogP contribution in [-0.2, 0) is 38.1 Å². The third-order valence-electron chi connectivity index (χ3n) is 9.65. The zero-order valence-electron chi connectivity index (χ0n) is 30.2. The van der Waals surface area contributed by atoms with Gasteiger partial charge >= 0.3 is 12.1 Å². The van der Waals surface area contributed by atoms with E-state index in [1.54, 1.807) is 41.5 Å². The topological polar surface area (TPSA) is 156 Å². The van der Waals surface area contributed by atoms with E-state index in [1.807, 2.05) is 25.9 Å². The van der Waals surface area contributed by atoms with E-state index in [0.717, 1.165) is 4.57 Å². The summed E-state index contributed by atoms with van der Waals surface area (Å²) in [6, 6.07) is -0.271. The molecule has 3 rings (SSSR count). The fourth-order valence-corrected chi connectivity index (χ4v) is 6.80. The van der Waals surface area contributed by atoms with Gasteiger partial charge in [-0.3, -0.25) is 14.4 Å². The number of nitrogens with zero attached hydrogens (tertiary/aromatic N) is 3. The van der Waals surface area contributed by atoms with Gasteiger partial charge in [-0.15, -0.1) is 0 Å². The molecular weight excluding hydrogens is 837 g/mol. The summed E-state index contributed by atoms with van der Waals surface area (Å²) >= 11 is 0. The van der Waals surface area contributed by atoms with Crippen molar-refractivity contribution >= 4 is 23.6 Å². The monoisotopic (exact) mass is 890 g/mol. The molecule has 10 unspecified atom stereocenters. The number of ether oxygens (including phenoxy) is 5. The van der Waals surface area contributed by atoms with Gasteiger partial charge in [-0.25, -0.2) is 14.3 Å². The molecular formula is C34H53AcN3O10. The summed E-state index contributed by atoms with van der Waals surface area (Å²) in [5.41, 5.74) is -2.54. The van der Waals surface area contributed by atoms with E-state index in [4.69, 9.17) is 23.7 Å². The Morgan fingerprint density at radius 1 is 1.17 bits per heavy atom. The van der Waals surface area contributed by atoms with Crippen LogP contribution in [0.4, 0.5) is 4.79 Å². The Bertz CT molecular complexity index is 1310. The predicted molar refractivity (Wildman–Crippen MR) is 171 cm³/mol. The number of Topliss-reactive ketones (excluding diaryl/α,β-unsaturated/α-hetero) is 2. The maximum Gasteiger partial charge on any atom is 0.420 e. The first kappa shape index (κ1) is 42.6. The van der Waals surface area contributed by atoms with Crippen molar-refractivity contribution in [1.29, 1.82) is 0 Å². The Hall–Kier alpha value is -1.53. The second kappa shape index (κ2) is 17.6. The number of aliphatic hydroxyl groups is 1. The molecule has 14 heteroatoms. The molecule has 0 spiro atoms. The van der Waals surface area contributed by atoms with Gasteiger partial charge in [-0.05, 0) is 79.6 Å². The van der Waals surface area contributed by atoms with Crippen molar-refractivity contribution in [2.24, 2.45) is 17.8 Å². The molecule has 267 valence electrons. The Balaban J connectivity index is 0.00000800. The third kappa shape index (κ3) is 9.62. The van der Waals surface area contributed by atoms with Crippen molar-refractivity contribution in [3.05, 3.63) is 30.4 Å². The van der Waals surface area contributed by atoms with Crippen molar-refractivity contribution < 1.29 is 92.0 Å². The van der Waals surface area contributed by atoms with Crippen LogP contribution in [0.15, 0.2) is 30.4 Å². The van der Waals surface area contributed by atoms with Gasteiger partial charge < -0.3 is 33.7 Å². The fourth-order valence-electron chi connectivity index (χ4n) is 6.80. The normalized spacial score (nSPS) is 38.3. The fraction of sp³-hybridized carbons (Fsp3) is 0.735. The van der Waals surface area contributed by atoms with Gasteiger partial charge in [-0.2, -0.15) is 0 Å². The number of likely N-dealkylation sites (N-methyl/N-ethyl adjacent to an activating group) is 1. The molecule has 0 amide bonds. The van der Waals surface area contributed by atoms with Crippen LogP contribution in [0.1, 0.15) is 74.7 Å². The number of methoxy groups -OCH3 is 1. The minimum absolute atomic E-state index is 0. The van der Waals surface area contributed by atoms with E-state index in [0.29, 0.717) is 6.42 Å². The van der Waals surface area contributed by atoms with Gasteiger partial charge in [-0.1, -0.05) is 20.8 Å². The molecule has 2 aliphatic heterocycles. The Labute approximate surface area is 320 Å². The number of esters is 1. The van der Waals surface area contributed by atoms with Gasteiger partial charge in [0.05, 0.1) is 17.8 Å². The summed E-state index contributed by atoms with van der Waals surface area (Å²) in [6.07, 6.45) is 1.24. The van der Waals surface area contributed by atoms with Crippen LogP contribution in [0, 0.1) is 61.8 Å². The van der Waals surface area contributed by atoms with E-state index in [9.17, 15) is 24.3 Å². The SMILES string of the molecule is CC[C@H]1OC(=O)C(C)C(=O)C(C)C(OC2OC(C)CC(N(C)C)C2O)C(C)(OC)CC(C)C(=O)/C(C)=C/C1(C)OC(=O)n1ccnc1.[Ac]. The summed E-state index contributed by atoms with van der Waals surface area (Å²) < 4.78 is 31.5. The predicted octanol–water partition coefficient (Wildman–Crippen LogP) is 3.56. The van der Waals surface area contributed by atoms with Gasteiger partial charge in [0.2, 0.25) is 0 Å². The Morgan fingerprint density at radius 3 is 2.35 bits per heavy atom. The number of aromatic nitrogens is 2. The number of hydrogen-bond donors (Lipinski definition) is 1. The van der Waals surface area contributed by atoms with E-state index in [-0.39, 0.29) is 80.4 Å². The van der Waals surface area contributed by atoms with Crippen molar-refractivity contribution in [1.82, 2.24) is 14.5 Å². The van der Waals surface area contributed by atoms with Crippen molar-refractivity contribution in [3.8, 4) is 0 Å². The number of carbonyl (C=O) groups is 4. The molecule has 0 aliphatic carbocycles. The molecule has 1 radical (unpaired) electrons. The molecule has 13 nitrogen and oxygen atoms in total. The molecule has 1 aromatic heterocycles. The van der Waals surface area contributed by atoms with Crippen LogP contribution < -0.4 is 0 Å². The number of ketones is 2. The third-order valence-corrected chi connectivity index (χ3v) is 9.65. The zero-order chi connectivity index (χ0) is 35.4. The number of imidazole rings is 1. The van der Waals surface area contributed by atoms with E-state index < -0.39 is 71.4 Å². The molecule has 1 aromatic rings. The molecule has 1 N–H and O–H groups in total. The summed E-state index contributed by atoms with van der Waals surface area (Å²) in [5, 5.41) is 11.3. The standard InChI is InChI=1S/C34H53N3O10.Ac/c1-12-25-33(7,47-32(42)37-14-13-35-18-37)16-19(2)26(38)20(3)17-34(8,43-11)29(22(5)27(39)23(6)30(41)45-25)46-31-28(40)24(36(9)10)15-21(4)44-31;/h13-14,16,18,20-25,28-29,31,40H,12,15,17H2,1-11H3;/b19-16+;/t20?,21?,22?,23?,24?,25-,28?,29?,31?,33?,34?;/m1./s1. The minimum atomic E-state index is -1.58. The van der Waals surface area contributed by atoms with Gasteiger partial charge in [0.15, 0.2) is 23.5 Å². The van der Waals surface area contributed by atoms with E-state index >= 15 is 0 Å². The van der Waals surface area contributed by atoms with Crippen LogP contribution in [0.2, 0.25) is 0 Å². The van der Waals surface area contributed by atoms with Gasteiger partial charge in [0, 0.05) is 81.4 Å². The summed E-state index contributed by atoms with van der Waals surface area (Å²) in [4.78, 5) is 60.5. The smallest absolute Gasteiger partial charge is 0.420 e. The van der Waals surface area contributed by atoms with Crippen molar-refractivity contribution in [2.75, 3.05) is 21.2 Å². The van der Waals surface area contributed by atoms with Crippen LogP contribution in [-0.4, -0.2) is 112 Å². The molecule has 0 saturated carbocycles. The average Bonchev–Trinajstić information content (AvgIpc) is 3.57. The molecule has 48 heavy (non-hydrogen) atoms. The molecule has 11 atom stereocenters. The molecule has 2 aliphatic rings. The Morgan fingerprint density at radius 2 is 1.81 bits per heavy atom. The molecule has 0 aromatic carbocycles. The van der Waals surface area contributed by atoms with E-state index in [2.05, 4.69) is 4.98 Å². The van der Waals surface area contributed by atoms with Crippen LogP contribution >= 0.6 is 0 Å². The minimum Gasteiger partial charge on any atom is -0.457 e. The van der Waals surface area contributed by atoms with E-state index in [1.165, 1.54) is 38.8 Å². The van der Waals surface area contributed by atoms with Crippen molar-refractivity contribution in [3.63, 3.8) is 0 Å². The first-order chi connectivity index (χ1) is 21.9. The van der Waals surface area contributed by atoms with Gasteiger partial charge in [0.1, 0.15) is 24.5 Å². The Kier molecular flexibility index (Phi) is 15.6. The number of rotatable bonds is 6. The quantitative estimate of drug-likeness (QED) is 0.328. The summed E-state index contributed by atoms with van der Waals surface area (Å²) in [5.74, 6) is -4.42. The van der Waals surface area contributed by atoms with Crippen LogP contribution in [0.5, 0.6) is 0 Å². The molecule has 1 fully saturated rings. The van der Waals surface area contributed by atoms with Crippen molar-refractivity contribution in [2.45, 2.75) is 123 Å². The second-order valence-electron chi connectivity index (χ2n) is 13.7. The summed E-state index contributed by atoms with van der Waals surface area (Å²) in [7, 11) is 5.19. The maximum absolute atomic E-state index is 14.1. The van der Waals surface area contributed by atoms with Crippen LogP contribution in [0.3, 0.4) is 0 Å². The van der Waals surface area contributed by atoms with Gasteiger partial charge in [0.25, 0.3) is 0 Å². The number of allylic oxidation sites excluding steroid dienone is 1. The number of carbonyl (C=O) groups excluding carboxylic acids is 4.